The maximum Gasteiger partial charge on any atom is 0.237 e. The Morgan fingerprint density at radius 1 is 1.00 bits per heavy atom. The van der Waals surface area contributed by atoms with Gasteiger partial charge in [0.2, 0.25) is 11.8 Å². The lowest BCUT2D eigenvalue weighted by molar-refractivity contribution is -0.129. The molecule has 4 aliphatic carbocycles. The lowest BCUT2D eigenvalue weighted by atomic mass is 9.59. The summed E-state index contributed by atoms with van der Waals surface area (Å²) >= 11 is 8.34. The largest absolute Gasteiger partial charge is 0.274 e. The highest BCUT2D eigenvalue weighted by Gasteiger charge is 2.68. The molecule has 0 unspecified atom stereocenters. The van der Waals surface area contributed by atoms with Gasteiger partial charge in [0.05, 0.1) is 22.5 Å². The highest BCUT2D eigenvalue weighted by Crippen LogP contribution is 2.68. The first-order chi connectivity index (χ1) is 10.6. The van der Waals surface area contributed by atoms with Gasteiger partial charge in [0.25, 0.3) is 0 Å². The molecule has 4 saturated carbocycles. The summed E-state index contributed by atoms with van der Waals surface area (Å²) in [6, 6.07) is 5.45. The van der Waals surface area contributed by atoms with Crippen molar-refractivity contribution in [2.24, 2.45) is 35.5 Å². The molecule has 2 bridgehead atoms. The first-order valence-corrected chi connectivity index (χ1v) is 9.36. The number of imide groups is 1. The van der Waals surface area contributed by atoms with Gasteiger partial charge in [-0.05, 0) is 83.7 Å². The minimum absolute atomic E-state index is 0.0207. The van der Waals surface area contributed by atoms with Gasteiger partial charge in [0, 0.05) is 3.57 Å². The van der Waals surface area contributed by atoms with Gasteiger partial charge < -0.3 is 0 Å². The number of benzene rings is 1. The van der Waals surface area contributed by atoms with Crippen LogP contribution in [0.1, 0.15) is 19.3 Å². The Morgan fingerprint density at radius 3 is 2.14 bits per heavy atom. The van der Waals surface area contributed by atoms with Crippen LogP contribution in [0, 0.1) is 39.1 Å². The van der Waals surface area contributed by atoms with Crippen molar-refractivity contribution in [3.8, 4) is 0 Å². The summed E-state index contributed by atoms with van der Waals surface area (Å²) < 4.78 is 0.931. The highest BCUT2D eigenvalue weighted by molar-refractivity contribution is 14.1. The Balaban J connectivity index is 1.57. The van der Waals surface area contributed by atoms with Crippen LogP contribution in [0.25, 0.3) is 0 Å². The molecule has 0 aromatic heterocycles. The average Bonchev–Trinajstić information content (AvgIpc) is 3.28. The lowest BCUT2D eigenvalue weighted by Crippen LogP contribution is -2.43. The van der Waals surface area contributed by atoms with E-state index in [-0.39, 0.29) is 23.7 Å². The molecule has 6 atom stereocenters. The molecule has 0 N–H and O–H groups in total. The molecule has 1 heterocycles. The number of nitrogens with zero attached hydrogens (tertiary/aromatic N) is 1. The second-order valence-electron chi connectivity index (χ2n) is 7.13. The zero-order valence-electron chi connectivity index (χ0n) is 11.8. The first kappa shape index (κ1) is 13.8. The minimum atomic E-state index is -0.0620. The summed E-state index contributed by atoms with van der Waals surface area (Å²) in [4.78, 5) is 27.3. The fourth-order valence-electron chi connectivity index (χ4n) is 5.42. The third-order valence-corrected chi connectivity index (χ3v) is 7.88. The van der Waals surface area contributed by atoms with Crippen molar-refractivity contribution >= 4 is 51.7 Å². The van der Waals surface area contributed by atoms with Crippen molar-refractivity contribution in [3.63, 3.8) is 0 Å². The van der Waals surface area contributed by atoms with E-state index in [4.69, 9.17) is 11.6 Å². The Morgan fingerprint density at radius 2 is 1.59 bits per heavy atom. The van der Waals surface area contributed by atoms with E-state index in [1.807, 2.05) is 12.1 Å². The molecule has 5 aliphatic rings. The summed E-state index contributed by atoms with van der Waals surface area (Å²) in [7, 11) is 0. The number of amides is 2. The number of anilines is 1. The van der Waals surface area contributed by atoms with E-state index in [9.17, 15) is 9.59 Å². The third kappa shape index (κ3) is 1.63. The minimum Gasteiger partial charge on any atom is -0.274 e. The smallest absolute Gasteiger partial charge is 0.237 e. The second-order valence-corrected chi connectivity index (χ2v) is 8.70. The van der Waals surface area contributed by atoms with E-state index < -0.39 is 0 Å². The molecule has 1 aliphatic heterocycles. The van der Waals surface area contributed by atoms with Crippen molar-refractivity contribution in [1.29, 1.82) is 0 Å². The third-order valence-electron chi connectivity index (χ3n) is 6.31. The van der Waals surface area contributed by atoms with Crippen molar-refractivity contribution in [2.45, 2.75) is 19.3 Å². The van der Waals surface area contributed by atoms with Crippen LogP contribution in [0.4, 0.5) is 5.69 Å². The zero-order valence-corrected chi connectivity index (χ0v) is 14.8. The maximum atomic E-state index is 13.0. The predicted molar refractivity (Wildman–Crippen MR) is 91.5 cm³/mol. The molecule has 22 heavy (non-hydrogen) atoms. The standard InChI is InChI=1S/C17H15ClINO2/c18-12-5-7(1-4-13(12)19)20-16(21)14-8-2-3-9(11-6-10(8)11)15(14)17(20)22/h1,4-5,8-11,14-15H,2-3,6H2/t8-,9+,10-,11+,14-,15+. The van der Waals surface area contributed by atoms with Gasteiger partial charge in [-0.2, -0.15) is 0 Å². The van der Waals surface area contributed by atoms with Gasteiger partial charge in [0.1, 0.15) is 0 Å². The zero-order chi connectivity index (χ0) is 15.2. The van der Waals surface area contributed by atoms with Crippen LogP contribution < -0.4 is 4.90 Å². The van der Waals surface area contributed by atoms with Crippen molar-refractivity contribution in [3.05, 3.63) is 26.8 Å². The number of carbonyl (C=O) groups excluding carboxylic acids is 2. The Bertz CT molecular complexity index is 687. The van der Waals surface area contributed by atoms with E-state index in [2.05, 4.69) is 22.6 Å². The summed E-state index contributed by atoms with van der Waals surface area (Å²) in [5, 5.41) is 0.597. The van der Waals surface area contributed by atoms with E-state index in [1.54, 1.807) is 6.07 Å². The number of halogens is 2. The molecular weight excluding hydrogens is 413 g/mol. The summed E-state index contributed by atoms with van der Waals surface area (Å²) in [5.41, 5.74) is 0.642. The lowest BCUT2D eigenvalue weighted by Gasteiger charge is -2.42. The summed E-state index contributed by atoms with van der Waals surface area (Å²) in [6.45, 7) is 0. The number of fused-ring (bicyclic) bond motifs is 1. The Kier molecular flexibility index (Phi) is 2.80. The number of rotatable bonds is 1. The van der Waals surface area contributed by atoms with Crippen LogP contribution in [0.15, 0.2) is 18.2 Å². The summed E-state index contributed by atoms with van der Waals surface area (Å²) in [5.74, 6) is 2.25. The Labute approximate surface area is 147 Å². The molecule has 5 fully saturated rings. The van der Waals surface area contributed by atoms with Crippen molar-refractivity contribution in [2.75, 3.05) is 4.90 Å². The molecule has 2 amide bonds. The monoisotopic (exact) mass is 427 g/mol. The van der Waals surface area contributed by atoms with Crippen LogP contribution in [-0.2, 0) is 9.59 Å². The quantitative estimate of drug-likeness (QED) is 0.506. The molecule has 6 rings (SSSR count). The van der Waals surface area contributed by atoms with Gasteiger partial charge in [-0.15, -0.1) is 0 Å². The molecule has 0 radical (unpaired) electrons. The number of carbonyl (C=O) groups is 2. The van der Waals surface area contributed by atoms with E-state index in [1.165, 1.54) is 11.3 Å². The topological polar surface area (TPSA) is 37.4 Å². The normalized spacial score (nSPS) is 41.6. The molecule has 0 spiro atoms. The number of hydrogen-bond acceptors (Lipinski definition) is 2. The molecule has 1 aromatic rings. The van der Waals surface area contributed by atoms with Gasteiger partial charge in [-0.3, -0.25) is 9.59 Å². The summed E-state index contributed by atoms with van der Waals surface area (Å²) in [6.07, 6.45) is 3.51. The first-order valence-electron chi connectivity index (χ1n) is 7.91. The van der Waals surface area contributed by atoms with Gasteiger partial charge in [-0.25, -0.2) is 4.90 Å². The molecule has 3 nitrogen and oxygen atoms in total. The fourth-order valence-corrected chi connectivity index (χ4v) is 5.93. The van der Waals surface area contributed by atoms with Crippen LogP contribution >= 0.6 is 34.2 Å². The van der Waals surface area contributed by atoms with Crippen LogP contribution in [0.3, 0.4) is 0 Å². The SMILES string of the molecule is O=C1[C@@H]2[C@@H]3CC[C@@H]([C@@H]4C[C@@H]43)[C@@H]2C(=O)N1c1ccc(I)c(Cl)c1. The Hall–Kier alpha value is -0.620. The number of hydrogen-bond donors (Lipinski definition) is 0. The van der Waals surface area contributed by atoms with Crippen LogP contribution in [0.5, 0.6) is 0 Å². The predicted octanol–water partition coefficient (Wildman–Crippen LogP) is 3.73. The molecule has 1 aromatic carbocycles. The fraction of sp³-hybridized carbons (Fsp3) is 0.529. The molecule has 1 saturated heterocycles. The van der Waals surface area contributed by atoms with Gasteiger partial charge in [0.15, 0.2) is 0 Å². The van der Waals surface area contributed by atoms with Gasteiger partial charge in [-0.1, -0.05) is 11.6 Å². The van der Waals surface area contributed by atoms with E-state index >= 15 is 0 Å². The second kappa shape index (κ2) is 4.47. The molecule has 114 valence electrons. The van der Waals surface area contributed by atoms with Crippen molar-refractivity contribution in [1.82, 2.24) is 0 Å². The maximum absolute atomic E-state index is 13.0. The van der Waals surface area contributed by atoms with Crippen LogP contribution in [-0.4, -0.2) is 11.8 Å². The molecular formula is C17H15ClINO2. The van der Waals surface area contributed by atoms with E-state index in [0.29, 0.717) is 22.5 Å². The average molecular weight is 428 g/mol. The molecule has 5 heteroatoms. The highest BCUT2D eigenvalue weighted by atomic mass is 127. The van der Waals surface area contributed by atoms with Crippen molar-refractivity contribution < 1.29 is 9.59 Å². The van der Waals surface area contributed by atoms with E-state index in [0.717, 1.165) is 28.2 Å². The van der Waals surface area contributed by atoms with Gasteiger partial charge >= 0.3 is 0 Å². The van der Waals surface area contributed by atoms with Crippen LogP contribution in [0.2, 0.25) is 5.02 Å².